The van der Waals surface area contributed by atoms with Gasteiger partial charge in [0, 0.05) is 40.9 Å². The normalized spacial score (nSPS) is 25.4. The smallest absolute Gasteiger partial charge is 0.303 e. The molecule has 1 rings (SSSR count). The molecular weight excluding hydrogens is 414 g/mol. The van der Waals surface area contributed by atoms with E-state index in [9.17, 15) is 19.2 Å². The van der Waals surface area contributed by atoms with Gasteiger partial charge >= 0.3 is 17.9 Å². The molecule has 0 bridgehead atoms. The fourth-order valence-corrected chi connectivity index (χ4v) is 3.20. The molecule has 11 heteroatoms. The van der Waals surface area contributed by atoms with Crippen LogP contribution in [-0.4, -0.2) is 79.4 Å². The first kappa shape index (κ1) is 26.8. The van der Waals surface area contributed by atoms with Gasteiger partial charge in [0.25, 0.3) is 0 Å². The number of carbonyl (C=O) groups is 4. The predicted molar refractivity (Wildman–Crippen MR) is 106 cm³/mol. The molecule has 31 heavy (non-hydrogen) atoms. The highest BCUT2D eigenvalue weighted by atomic mass is 16.7. The Balaban J connectivity index is 3.07. The molecule has 0 aromatic rings. The Kier molecular flexibility index (Phi) is 12.1. The molecular formula is C20H33NO10. The van der Waals surface area contributed by atoms with Gasteiger partial charge in [0.1, 0.15) is 18.8 Å². The lowest BCUT2D eigenvalue weighted by Crippen LogP contribution is -2.66. The Hall–Kier alpha value is -2.24. The molecule has 0 aromatic carbocycles. The van der Waals surface area contributed by atoms with Crippen molar-refractivity contribution in [1.29, 1.82) is 0 Å². The lowest BCUT2D eigenvalue weighted by atomic mass is 9.96. The van der Waals surface area contributed by atoms with Crippen LogP contribution in [0.15, 0.2) is 0 Å². The zero-order valence-corrected chi connectivity index (χ0v) is 18.5. The molecule has 0 aliphatic carbocycles. The average molecular weight is 447 g/mol. The molecule has 0 aromatic heterocycles. The summed E-state index contributed by atoms with van der Waals surface area (Å²) in [5.74, 6) is -2.32. The fourth-order valence-electron chi connectivity index (χ4n) is 3.20. The van der Waals surface area contributed by atoms with Gasteiger partial charge < -0.3 is 34.1 Å². The third-order valence-electron chi connectivity index (χ3n) is 4.41. The van der Waals surface area contributed by atoms with Crippen LogP contribution in [0.5, 0.6) is 0 Å². The predicted octanol–water partition coefficient (Wildman–Crippen LogP) is 0.212. The number of esters is 3. The molecule has 0 spiro atoms. The minimum absolute atomic E-state index is 0.122. The van der Waals surface area contributed by atoms with Gasteiger partial charge in [-0.05, 0) is 12.8 Å². The van der Waals surface area contributed by atoms with Gasteiger partial charge in [0.2, 0.25) is 5.91 Å². The number of rotatable bonds is 12. The summed E-state index contributed by atoms with van der Waals surface area (Å²) >= 11 is 0. The maximum atomic E-state index is 11.8. The van der Waals surface area contributed by atoms with Crippen molar-refractivity contribution in [2.45, 2.75) is 84.0 Å². The van der Waals surface area contributed by atoms with Crippen LogP contribution in [0.25, 0.3) is 0 Å². The van der Waals surface area contributed by atoms with Gasteiger partial charge in [-0.1, -0.05) is 12.8 Å². The molecule has 1 aliphatic heterocycles. The van der Waals surface area contributed by atoms with Gasteiger partial charge in [0.05, 0.1) is 0 Å². The van der Waals surface area contributed by atoms with E-state index in [0.29, 0.717) is 12.8 Å². The van der Waals surface area contributed by atoms with E-state index in [2.05, 4.69) is 5.32 Å². The van der Waals surface area contributed by atoms with Gasteiger partial charge in [0.15, 0.2) is 18.5 Å². The van der Waals surface area contributed by atoms with Crippen molar-refractivity contribution in [3.63, 3.8) is 0 Å². The maximum Gasteiger partial charge on any atom is 0.303 e. The Labute approximate surface area is 181 Å². The summed E-state index contributed by atoms with van der Waals surface area (Å²) in [5, 5.41) is 11.5. The quantitative estimate of drug-likeness (QED) is 0.242. The first-order valence-corrected chi connectivity index (χ1v) is 10.3. The van der Waals surface area contributed by atoms with Crippen LogP contribution in [-0.2, 0) is 42.9 Å². The molecule has 0 saturated carbocycles. The van der Waals surface area contributed by atoms with Crippen LogP contribution in [0.4, 0.5) is 0 Å². The van der Waals surface area contributed by atoms with Crippen LogP contribution in [0.3, 0.4) is 0 Å². The van der Waals surface area contributed by atoms with Crippen molar-refractivity contribution in [3.05, 3.63) is 0 Å². The zero-order valence-electron chi connectivity index (χ0n) is 18.5. The van der Waals surface area contributed by atoms with E-state index in [-0.39, 0.29) is 19.8 Å². The Morgan fingerprint density at radius 2 is 1.48 bits per heavy atom. The van der Waals surface area contributed by atoms with Crippen molar-refractivity contribution >= 4 is 23.8 Å². The average Bonchev–Trinajstić information content (AvgIpc) is 2.66. The molecule has 1 saturated heterocycles. The molecule has 1 fully saturated rings. The highest BCUT2D eigenvalue weighted by molar-refractivity contribution is 5.73. The van der Waals surface area contributed by atoms with Crippen molar-refractivity contribution in [2.75, 3.05) is 19.8 Å². The van der Waals surface area contributed by atoms with Gasteiger partial charge in [-0.25, -0.2) is 0 Å². The largest absolute Gasteiger partial charge is 0.463 e. The third-order valence-corrected chi connectivity index (χ3v) is 4.41. The number of nitrogens with one attached hydrogen (secondary N) is 1. The van der Waals surface area contributed by atoms with Crippen molar-refractivity contribution in [1.82, 2.24) is 5.32 Å². The van der Waals surface area contributed by atoms with E-state index in [1.54, 1.807) is 0 Å². The number of carbonyl (C=O) groups excluding carboxylic acids is 4. The first-order valence-electron chi connectivity index (χ1n) is 10.3. The maximum absolute atomic E-state index is 11.8. The highest BCUT2D eigenvalue weighted by Gasteiger charge is 2.51. The second-order valence-electron chi connectivity index (χ2n) is 7.23. The number of hydrogen-bond donors (Lipinski definition) is 2. The number of aliphatic hydroxyl groups is 1. The van der Waals surface area contributed by atoms with Crippen molar-refractivity contribution < 1.29 is 48.0 Å². The molecule has 0 radical (unpaired) electrons. The van der Waals surface area contributed by atoms with Crippen LogP contribution < -0.4 is 5.32 Å². The van der Waals surface area contributed by atoms with Gasteiger partial charge in [-0.15, -0.1) is 0 Å². The fraction of sp³-hybridized carbons (Fsp3) is 0.800. The monoisotopic (exact) mass is 447 g/mol. The number of unbranched alkanes of at least 4 members (excludes halogenated alkanes) is 3. The van der Waals surface area contributed by atoms with Crippen LogP contribution >= 0.6 is 0 Å². The van der Waals surface area contributed by atoms with E-state index < -0.39 is 54.5 Å². The highest BCUT2D eigenvalue weighted by Crippen LogP contribution is 2.28. The third kappa shape index (κ3) is 10.1. The lowest BCUT2D eigenvalue weighted by Gasteiger charge is -2.44. The number of aliphatic hydroxyl groups excluding tert-OH is 1. The molecule has 11 nitrogen and oxygen atoms in total. The number of hydrogen-bond acceptors (Lipinski definition) is 10. The minimum atomic E-state index is -1.14. The summed E-state index contributed by atoms with van der Waals surface area (Å²) in [6.07, 6.45) is -1.27. The molecule has 5 atom stereocenters. The second-order valence-corrected chi connectivity index (χ2v) is 7.23. The number of ether oxygens (including phenoxy) is 5. The molecule has 1 amide bonds. The van der Waals surface area contributed by atoms with E-state index in [1.807, 2.05) is 0 Å². The molecule has 178 valence electrons. The zero-order chi connectivity index (χ0) is 23.4. The van der Waals surface area contributed by atoms with Crippen LogP contribution in [0.2, 0.25) is 0 Å². The SMILES string of the molecule is CC(=O)NC1C(OCCCCCCO)OC(COC(C)=O)C(OC(C)=O)C1OC(C)=O. The van der Waals surface area contributed by atoms with Crippen molar-refractivity contribution in [3.8, 4) is 0 Å². The second kappa shape index (κ2) is 13.9. The van der Waals surface area contributed by atoms with Gasteiger partial charge in [-0.3, -0.25) is 19.2 Å². The summed E-state index contributed by atoms with van der Waals surface area (Å²) in [5.41, 5.74) is 0. The summed E-state index contributed by atoms with van der Waals surface area (Å²) < 4.78 is 27.4. The minimum Gasteiger partial charge on any atom is -0.463 e. The molecule has 1 aliphatic rings. The first-order chi connectivity index (χ1) is 14.6. The van der Waals surface area contributed by atoms with Crippen LogP contribution in [0, 0.1) is 0 Å². The Morgan fingerprint density at radius 1 is 0.871 bits per heavy atom. The lowest BCUT2D eigenvalue weighted by molar-refractivity contribution is -0.277. The number of amides is 1. The van der Waals surface area contributed by atoms with Gasteiger partial charge in [-0.2, -0.15) is 0 Å². The summed E-state index contributed by atoms with van der Waals surface area (Å²) in [6.45, 7) is 4.98. The molecule has 5 unspecified atom stereocenters. The van der Waals surface area contributed by atoms with E-state index >= 15 is 0 Å². The standard InChI is InChI=1S/C20H33NO10/c1-12(23)21-17-19(30-15(4)26)18(29-14(3)25)16(11-28-13(2)24)31-20(17)27-10-8-6-5-7-9-22/h16-20,22H,5-11H2,1-4H3,(H,21,23). The Bertz CT molecular complexity index is 611. The van der Waals surface area contributed by atoms with Crippen molar-refractivity contribution in [2.24, 2.45) is 0 Å². The van der Waals surface area contributed by atoms with E-state index in [1.165, 1.54) is 27.7 Å². The molecule has 2 N–H and O–H groups in total. The summed E-state index contributed by atoms with van der Waals surface area (Å²) in [6, 6.07) is -0.961. The van der Waals surface area contributed by atoms with Crippen LogP contribution in [0.1, 0.15) is 53.4 Å². The Morgan fingerprint density at radius 3 is 2.03 bits per heavy atom. The van der Waals surface area contributed by atoms with E-state index in [0.717, 1.165) is 12.8 Å². The van der Waals surface area contributed by atoms with E-state index in [4.69, 9.17) is 28.8 Å². The summed E-state index contributed by atoms with van der Waals surface area (Å²) in [4.78, 5) is 46.5. The molecule has 1 heterocycles. The topological polar surface area (TPSA) is 147 Å². The summed E-state index contributed by atoms with van der Waals surface area (Å²) in [7, 11) is 0.